The van der Waals surface area contributed by atoms with Crippen molar-refractivity contribution in [3.8, 4) is 5.75 Å². The standard InChI is InChI=1S/C23H38N6O4S.ClH.3H2O/c1-5-8-20-24-16(4)21-23(30)25-22(26-29(20)21)18-15-17(9-10-19(18)33-7-3)34(31,32)28-13-11-27(6-2)12-14-28;;;;/h9-10,15-16,20-22,24,26H,5-8,11-14H2,1-4H3,(H,25,30);1H;3*1H2. The highest BCUT2D eigenvalue weighted by atomic mass is 35.5. The lowest BCUT2D eigenvalue weighted by Crippen LogP contribution is -2.64. The minimum absolute atomic E-state index is 0. The summed E-state index contributed by atoms with van der Waals surface area (Å²) in [4.78, 5) is 15.5. The number of carbonyl (C=O) groups is 1. The summed E-state index contributed by atoms with van der Waals surface area (Å²) in [6.45, 7) is 11.8. The number of hydrazine groups is 1. The first kappa shape index (κ1) is 36.4. The van der Waals surface area contributed by atoms with E-state index >= 15 is 0 Å². The first-order chi connectivity index (χ1) is 16.3. The number of sulfonamides is 1. The van der Waals surface area contributed by atoms with Gasteiger partial charge < -0.3 is 31.4 Å². The summed E-state index contributed by atoms with van der Waals surface area (Å²) in [5.74, 6) is 0.467. The summed E-state index contributed by atoms with van der Waals surface area (Å²) >= 11 is 0. The van der Waals surface area contributed by atoms with E-state index in [2.05, 4.69) is 34.8 Å². The molecule has 15 heteroatoms. The van der Waals surface area contributed by atoms with Gasteiger partial charge in [0.2, 0.25) is 15.9 Å². The molecule has 4 rings (SSSR count). The molecule has 0 saturated carbocycles. The highest BCUT2D eigenvalue weighted by molar-refractivity contribution is 7.89. The summed E-state index contributed by atoms with van der Waals surface area (Å²) in [6, 6.07) is 4.62. The summed E-state index contributed by atoms with van der Waals surface area (Å²) in [7, 11) is -3.66. The summed E-state index contributed by atoms with van der Waals surface area (Å²) in [6.07, 6.45) is 1.30. The molecule has 4 atom stereocenters. The van der Waals surface area contributed by atoms with Crippen LogP contribution in [-0.2, 0) is 14.8 Å². The Balaban J connectivity index is 0.00000342. The van der Waals surface area contributed by atoms with Gasteiger partial charge in [-0.15, -0.1) is 12.4 Å². The van der Waals surface area contributed by atoms with Gasteiger partial charge in [0.25, 0.3) is 0 Å². The van der Waals surface area contributed by atoms with Crippen LogP contribution in [0.3, 0.4) is 0 Å². The number of rotatable bonds is 8. The maximum atomic E-state index is 13.5. The number of likely N-dealkylation sites (N-methyl/N-ethyl adjacent to an activating group) is 1. The van der Waals surface area contributed by atoms with E-state index < -0.39 is 16.2 Å². The van der Waals surface area contributed by atoms with Crippen LogP contribution < -0.4 is 20.8 Å². The van der Waals surface area contributed by atoms with Gasteiger partial charge in [-0.1, -0.05) is 20.3 Å². The van der Waals surface area contributed by atoms with Gasteiger partial charge in [0.15, 0.2) is 0 Å². The summed E-state index contributed by atoms with van der Waals surface area (Å²) < 4.78 is 34.3. The number of nitrogens with one attached hydrogen (secondary N) is 3. The van der Waals surface area contributed by atoms with Gasteiger partial charge in [-0.3, -0.25) is 10.1 Å². The van der Waals surface area contributed by atoms with Crippen molar-refractivity contribution in [1.82, 2.24) is 30.3 Å². The molecule has 3 heterocycles. The van der Waals surface area contributed by atoms with Crippen LogP contribution in [0.1, 0.15) is 52.3 Å². The maximum Gasteiger partial charge on any atom is 0.243 e. The van der Waals surface area contributed by atoms with Crippen LogP contribution in [-0.4, -0.2) is 103 Å². The molecule has 0 radical (unpaired) electrons. The van der Waals surface area contributed by atoms with Crippen molar-refractivity contribution < 1.29 is 34.4 Å². The number of benzene rings is 1. The number of fused-ring (bicyclic) bond motifs is 1. The lowest BCUT2D eigenvalue weighted by molar-refractivity contribution is -0.134. The first-order valence-corrected chi connectivity index (χ1v) is 13.8. The number of halogens is 1. The van der Waals surface area contributed by atoms with Crippen LogP contribution in [0.5, 0.6) is 5.75 Å². The number of nitrogens with zero attached hydrogens (tertiary/aromatic N) is 3. The lowest BCUT2D eigenvalue weighted by Gasteiger charge is -2.39. The van der Waals surface area contributed by atoms with E-state index in [-0.39, 0.29) is 57.9 Å². The number of hydrogen-bond acceptors (Lipinski definition) is 8. The highest BCUT2D eigenvalue weighted by Gasteiger charge is 2.47. The quantitative estimate of drug-likeness (QED) is 0.337. The second kappa shape index (κ2) is 15.3. The van der Waals surface area contributed by atoms with E-state index in [9.17, 15) is 13.2 Å². The van der Waals surface area contributed by atoms with Crippen LogP contribution in [0.2, 0.25) is 0 Å². The van der Waals surface area contributed by atoms with Gasteiger partial charge in [0.05, 0.1) is 17.7 Å². The molecule has 4 unspecified atom stereocenters. The van der Waals surface area contributed by atoms with Gasteiger partial charge in [-0.2, -0.15) is 4.31 Å². The van der Waals surface area contributed by atoms with Gasteiger partial charge >= 0.3 is 0 Å². The van der Waals surface area contributed by atoms with E-state index in [1.807, 2.05) is 18.9 Å². The molecule has 3 aliphatic rings. The number of hydrogen-bond donors (Lipinski definition) is 3. The zero-order chi connectivity index (χ0) is 24.5. The Bertz CT molecular complexity index is 996. The number of ether oxygens (including phenoxy) is 1. The highest BCUT2D eigenvalue weighted by Crippen LogP contribution is 2.32. The molecule has 3 saturated heterocycles. The molecule has 3 aliphatic heterocycles. The third kappa shape index (κ3) is 7.13. The fourth-order valence-electron chi connectivity index (χ4n) is 5.12. The predicted octanol–water partition coefficient (Wildman–Crippen LogP) is -1.22. The normalized spacial score (nSPS) is 26.1. The molecular formula is C23H45ClN6O7S. The van der Waals surface area contributed by atoms with E-state index in [0.717, 1.165) is 32.5 Å². The van der Waals surface area contributed by atoms with Gasteiger partial charge in [0.1, 0.15) is 18.0 Å². The molecule has 38 heavy (non-hydrogen) atoms. The van der Waals surface area contributed by atoms with E-state index in [0.29, 0.717) is 31.0 Å². The fourth-order valence-corrected chi connectivity index (χ4v) is 6.58. The maximum absolute atomic E-state index is 13.5. The van der Waals surface area contributed by atoms with Crippen molar-refractivity contribution in [2.45, 2.75) is 69.8 Å². The lowest BCUT2D eigenvalue weighted by atomic mass is 10.1. The molecule has 9 N–H and O–H groups in total. The summed E-state index contributed by atoms with van der Waals surface area (Å²) in [5, 5.41) is 8.52. The molecule has 0 aromatic heterocycles. The number of amides is 1. The van der Waals surface area contributed by atoms with E-state index in [4.69, 9.17) is 4.74 Å². The molecule has 3 fully saturated rings. The molecule has 13 nitrogen and oxygen atoms in total. The molecule has 0 aliphatic carbocycles. The molecule has 1 aromatic rings. The van der Waals surface area contributed by atoms with Gasteiger partial charge in [-0.05, 0) is 45.0 Å². The second-order valence-corrected chi connectivity index (χ2v) is 11.1. The van der Waals surface area contributed by atoms with Crippen LogP contribution in [0.4, 0.5) is 0 Å². The van der Waals surface area contributed by atoms with Gasteiger partial charge in [-0.25, -0.2) is 18.9 Å². The van der Waals surface area contributed by atoms with Crippen molar-refractivity contribution in [1.29, 1.82) is 0 Å². The Morgan fingerprint density at radius 1 is 1.05 bits per heavy atom. The molecule has 222 valence electrons. The van der Waals surface area contributed by atoms with Crippen LogP contribution in [0, 0.1) is 0 Å². The average Bonchev–Trinajstić information content (AvgIpc) is 3.15. The predicted molar refractivity (Wildman–Crippen MR) is 148 cm³/mol. The third-order valence-corrected chi connectivity index (χ3v) is 8.86. The van der Waals surface area contributed by atoms with Crippen LogP contribution in [0.15, 0.2) is 23.1 Å². The molecular weight excluding hydrogens is 540 g/mol. The molecule has 1 amide bonds. The Morgan fingerprint density at radius 2 is 1.71 bits per heavy atom. The van der Waals surface area contributed by atoms with E-state index in [1.54, 1.807) is 22.5 Å². The SMILES string of the molecule is CCCC1NC(C)C2C(=O)NC(c3cc(S(=O)(=O)N4CCN(CC)CC4)ccc3OCC)NN12.Cl.O.O.O. The average molecular weight is 585 g/mol. The molecule has 0 bridgehead atoms. The van der Waals surface area contributed by atoms with Crippen LogP contribution in [0.25, 0.3) is 0 Å². The Hall–Kier alpha value is -1.59. The van der Waals surface area contributed by atoms with Crippen molar-refractivity contribution in [3.05, 3.63) is 23.8 Å². The Labute approximate surface area is 231 Å². The topological polar surface area (TPSA) is 201 Å². The number of piperazine rings is 1. The Morgan fingerprint density at radius 3 is 2.29 bits per heavy atom. The van der Waals surface area contributed by atoms with Crippen LogP contribution >= 0.6 is 12.4 Å². The van der Waals surface area contributed by atoms with E-state index in [1.165, 1.54) is 0 Å². The monoisotopic (exact) mass is 584 g/mol. The number of carbonyl (C=O) groups excluding carboxylic acids is 1. The minimum atomic E-state index is -3.66. The van der Waals surface area contributed by atoms with Crippen molar-refractivity contribution >= 4 is 28.3 Å². The fraction of sp³-hybridized carbons (Fsp3) is 0.696. The zero-order valence-electron chi connectivity index (χ0n) is 22.5. The summed E-state index contributed by atoms with van der Waals surface area (Å²) in [5.41, 5.74) is 4.05. The second-order valence-electron chi connectivity index (χ2n) is 9.15. The smallest absolute Gasteiger partial charge is 0.243 e. The molecule has 1 aromatic carbocycles. The first-order valence-electron chi connectivity index (χ1n) is 12.4. The molecule has 0 spiro atoms. The van der Waals surface area contributed by atoms with Crippen molar-refractivity contribution in [3.63, 3.8) is 0 Å². The van der Waals surface area contributed by atoms with Crippen molar-refractivity contribution in [2.75, 3.05) is 39.3 Å². The van der Waals surface area contributed by atoms with Crippen molar-refractivity contribution in [2.24, 2.45) is 0 Å². The zero-order valence-corrected chi connectivity index (χ0v) is 24.1. The Kier molecular flexibility index (Phi) is 14.6. The third-order valence-electron chi connectivity index (χ3n) is 6.97. The van der Waals surface area contributed by atoms with Gasteiger partial charge in [0, 0.05) is 37.8 Å². The minimum Gasteiger partial charge on any atom is -0.493 e. The largest absolute Gasteiger partial charge is 0.493 e.